The lowest BCUT2D eigenvalue weighted by Crippen LogP contribution is -2.41. The third-order valence-corrected chi connectivity index (χ3v) is 14.0. The minimum absolute atomic E-state index is 0.00595. The van der Waals surface area contributed by atoms with Crippen LogP contribution in [0.3, 0.4) is 0 Å². The summed E-state index contributed by atoms with van der Waals surface area (Å²) in [7, 11) is -16.9. The fourth-order valence-corrected chi connectivity index (χ4v) is 10.4. The highest BCUT2D eigenvalue weighted by molar-refractivity contribution is 7.80. The Labute approximate surface area is 377 Å². The Morgan fingerprint density at radius 1 is 0.938 bits per heavy atom. The lowest BCUT2D eigenvalue weighted by atomic mass is 9.90. The van der Waals surface area contributed by atoms with Gasteiger partial charge in [-0.15, -0.1) is 0 Å². The molecular formula is C37H40N5O18P3S2. The SMILES string of the molecule is Cc1cn([C@H]2C[C@H](NC(=S)CCCCCNC(=S)Nc3ccc(-c4c5ccc(=O)cc-5oc5cc(O)ccc45)c(C(=O)O)c3)[C@@H](COP(=O)(O)OP(=O)(O)OP(=O)(O)O)O2)c(=O)[nH]c1=O. The number of fused-ring (bicyclic) bond motifs is 2. The summed E-state index contributed by atoms with van der Waals surface area (Å²) in [5.41, 5.74) is 0.290. The summed E-state index contributed by atoms with van der Waals surface area (Å²) >= 11 is 11.0. The first-order chi connectivity index (χ1) is 30.5. The van der Waals surface area contributed by atoms with Crippen molar-refractivity contribution in [2.24, 2.45) is 0 Å². The number of aromatic hydroxyl groups is 1. The van der Waals surface area contributed by atoms with Gasteiger partial charge in [-0.3, -0.25) is 23.7 Å². The summed E-state index contributed by atoms with van der Waals surface area (Å²) in [6.07, 6.45) is 1.21. The number of nitrogens with zero attached hydrogens (tertiary/aromatic N) is 1. The molecule has 23 nitrogen and oxygen atoms in total. The van der Waals surface area contributed by atoms with E-state index in [9.17, 15) is 52.9 Å². The maximum absolute atomic E-state index is 12.6. The number of carboxylic acid groups (broad SMARTS) is 1. The Hall–Kier alpha value is -4.97. The van der Waals surface area contributed by atoms with Gasteiger partial charge in [0.15, 0.2) is 10.5 Å². The van der Waals surface area contributed by atoms with Crippen molar-refractivity contribution in [1.29, 1.82) is 0 Å². The highest BCUT2D eigenvalue weighted by atomic mass is 32.1. The van der Waals surface area contributed by atoms with Crippen LogP contribution < -0.4 is 32.6 Å². The topological polar surface area (TPSA) is 348 Å². The Bertz CT molecular complexity index is 2960. The lowest BCUT2D eigenvalue weighted by molar-refractivity contribution is -0.0277. The predicted molar refractivity (Wildman–Crippen MR) is 240 cm³/mol. The molecule has 1 aromatic heterocycles. The van der Waals surface area contributed by atoms with E-state index in [0.717, 1.165) is 4.57 Å². The van der Waals surface area contributed by atoms with Gasteiger partial charge >= 0.3 is 35.1 Å². The zero-order chi connectivity index (χ0) is 47.4. The fraction of sp³-hybridized carbons (Fsp3) is 0.297. The number of carboxylic acids is 1. The van der Waals surface area contributed by atoms with Crippen LogP contribution >= 0.6 is 47.9 Å². The van der Waals surface area contributed by atoms with Crippen molar-refractivity contribution in [3.8, 4) is 28.2 Å². The molecule has 28 heteroatoms. The molecule has 10 N–H and O–H groups in total. The molecule has 348 valence electrons. The van der Waals surface area contributed by atoms with Gasteiger partial charge in [-0.25, -0.2) is 23.3 Å². The summed E-state index contributed by atoms with van der Waals surface area (Å²) in [6.45, 7) is 1.04. The second kappa shape index (κ2) is 20.3. The molecular weight excluding hydrogens is 959 g/mol. The highest BCUT2D eigenvalue weighted by Crippen LogP contribution is 2.66. The van der Waals surface area contributed by atoms with Crippen molar-refractivity contribution < 1.29 is 70.6 Å². The number of carbonyl (C=O) groups is 1. The van der Waals surface area contributed by atoms with E-state index in [0.29, 0.717) is 65.0 Å². The normalized spacial score (nSPS) is 18.2. The molecule has 2 aromatic carbocycles. The molecule has 3 aliphatic rings. The molecule has 5 atom stereocenters. The Morgan fingerprint density at radius 2 is 1.68 bits per heavy atom. The minimum atomic E-state index is -5.79. The number of phosphoric acid groups is 3. The number of unbranched alkanes of at least 4 members (excludes halogenated alkanes) is 2. The number of aromatic carboxylic acids is 1. The fourth-order valence-electron chi connectivity index (χ4n) is 6.89. The van der Waals surface area contributed by atoms with Crippen LogP contribution in [0.1, 0.15) is 54.3 Å². The number of anilines is 1. The van der Waals surface area contributed by atoms with Crippen LogP contribution in [0.25, 0.3) is 33.4 Å². The quantitative estimate of drug-likeness (QED) is 0.0248. The number of nitrogens with one attached hydrogen (secondary N) is 4. The van der Waals surface area contributed by atoms with Crippen molar-refractivity contribution in [2.75, 3.05) is 18.5 Å². The van der Waals surface area contributed by atoms with Crippen LogP contribution in [0.4, 0.5) is 5.69 Å². The number of aryl methyl sites for hydroxylation is 1. The van der Waals surface area contributed by atoms with Crippen LogP contribution in [0, 0.1) is 6.92 Å². The summed E-state index contributed by atoms with van der Waals surface area (Å²) < 4.78 is 60.4. The van der Waals surface area contributed by atoms with E-state index in [1.54, 1.807) is 24.3 Å². The zero-order valence-corrected chi connectivity index (χ0v) is 38.0. The van der Waals surface area contributed by atoms with Gasteiger partial charge in [0.05, 0.1) is 23.2 Å². The van der Waals surface area contributed by atoms with E-state index < -0.39 is 65.7 Å². The number of phosphoric ester groups is 1. The van der Waals surface area contributed by atoms with Crippen LogP contribution in [-0.4, -0.2) is 80.7 Å². The first-order valence-corrected chi connectivity index (χ1v) is 24.5. The predicted octanol–water partition coefficient (Wildman–Crippen LogP) is 4.59. The number of aromatic amines is 1. The van der Waals surface area contributed by atoms with E-state index in [1.807, 2.05) is 0 Å². The smallest absolute Gasteiger partial charge is 0.490 e. The van der Waals surface area contributed by atoms with Crippen molar-refractivity contribution >= 4 is 80.6 Å². The van der Waals surface area contributed by atoms with Gasteiger partial charge in [0, 0.05) is 59.1 Å². The number of aromatic nitrogens is 2. The van der Waals surface area contributed by atoms with Gasteiger partial charge < -0.3 is 54.9 Å². The first-order valence-electron chi connectivity index (χ1n) is 19.1. The Kier molecular flexibility index (Phi) is 15.4. The first kappa shape index (κ1) is 49.5. The number of rotatable bonds is 18. The lowest BCUT2D eigenvalue weighted by Gasteiger charge is -2.22. The van der Waals surface area contributed by atoms with E-state index in [-0.39, 0.29) is 45.2 Å². The number of phenolic OH excluding ortho intramolecular Hbond substituents is 1. The molecule has 1 aliphatic carbocycles. The van der Waals surface area contributed by atoms with Gasteiger partial charge in [0.2, 0.25) is 0 Å². The third kappa shape index (κ3) is 13.1. The molecule has 1 fully saturated rings. The zero-order valence-electron chi connectivity index (χ0n) is 33.6. The number of hydrogen-bond acceptors (Lipinski definition) is 15. The average molecular weight is 1000 g/mol. The molecule has 3 aromatic rings. The third-order valence-electron chi connectivity index (χ3n) is 9.68. The number of phenols is 1. The minimum Gasteiger partial charge on any atom is -0.508 e. The van der Waals surface area contributed by atoms with E-state index in [1.165, 1.54) is 43.5 Å². The second-order valence-corrected chi connectivity index (χ2v) is 19.8. The average Bonchev–Trinajstić information content (AvgIpc) is 3.59. The molecule has 0 bridgehead atoms. The van der Waals surface area contributed by atoms with E-state index >= 15 is 0 Å². The largest absolute Gasteiger partial charge is 0.508 e. The maximum Gasteiger partial charge on any atom is 0.490 e. The molecule has 0 spiro atoms. The number of ether oxygens (including phenoxy) is 1. The van der Waals surface area contributed by atoms with E-state index in [4.69, 9.17) is 47.9 Å². The number of thiocarbonyl (C=S) groups is 2. The monoisotopic (exact) mass is 999 g/mol. The summed E-state index contributed by atoms with van der Waals surface area (Å²) in [5.74, 6) is -1.09. The molecule has 2 unspecified atom stereocenters. The molecule has 0 saturated carbocycles. The second-order valence-electron chi connectivity index (χ2n) is 14.5. The summed E-state index contributed by atoms with van der Waals surface area (Å²) in [5, 5.41) is 30.2. The summed E-state index contributed by atoms with van der Waals surface area (Å²) in [6, 6.07) is 12.5. The van der Waals surface area contributed by atoms with Gasteiger partial charge in [0.25, 0.3) is 5.56 Å². The van der Waals surface area contributed by atoms with Crippen LogP contribution in [0.15, 0.2) is 79.6 Å². The van der Waals surface area contributed by atoms with E-state index in [2.05, 4.69) is 29.6 Å². The van der Waals surface area contributed by atoms with Crippen LogP contribution in [-0.2, 0) is 31.6 Å². The highest BCUT2D eigenvalue weighted by Gasteiger charge is 2.43. The molecule has 0 radical (unpaired) electrons. The molecule has 2 aliphatic heterocycles. The standard InChI is InChI=1S/C37H40N5O18P3S2/c1-19-17-42(37(48)41-34(19)45)32-16-27(30(58-32)18-56-62(52,53)60-63(54,55)59-61(49,50)51)40-31(64)5-3-2-4-12-38-36(65)39-20-6-9-23(26(13-20)35(46)47)33-24-10-7-21(43)14-28(24)57-29-15-22(44)8-11-25(29)33/h6-11,13-15,17,27,30,32,43H,2-5,12,16,18H2,1H3,(H,40,64)(H,46,47)(H,52,53)(H,54,55)(H2,38,39,65)(H,41,45,48)(H2,49,50,51)/t27-,30+,32+/m0/s1. The Morgan fingerprint density at radius 3 is 2.40 bits per heavy atom. The van der Waals surface area contributed by atoms with Crippen molar-refractivity contribution in [3.05, 3.63) is 103 Å². The molecule has 0 amide bonds. The van der Waals surface area contributed by atoms with Crippen molar-refractivity contribution in [3.63, 3.8) is 0 Å². The molecule has 1 saturated heterocycles. The molecule has 3 heterocycles. The van der Waals surface area contributed by atoms with Crippen LogP contribution in [0.5, 0.6) is 5.75 Å². The number of hydrogen-bond donors (Lipinski definition) is 10. The summed E-state index contributed by atoms with van der Waals surface area (Å²) in [4.78, 5) is 88.8. The van der Waals surface area contributed by atoms with Gasteiger partial charge in [-0.1, -0.05) is 24.7 Å². The van der Waals surface area contributed by atoms with Gasteiger partial charge in [-0.2, -0.15) is 8.62 Å². The van der Waals surface area contributed by atoms with Crippen molar-refractivity contribution in [2.45, 2.75) is 57.4 Å². The van der Waals surface area contributed by atoms with Crippen molar-refractivity contribution in [1.82, 2.24) is 20.2 Å². The maximum atomic E-state index is 12.6. The molecule has 65 heavy (non-hydrogen) atoms. The number of H-pyrrole nitrogens is 1. The van der Waals surface area contributed by atoms with Gasteiger partial charge in [-0.05, 0) is 80.4 Å². The van der Waals surface area contributed by atoms with Crippen LogP contribution in [0.2, 0.25) is 0 Å². The number of benzene rings is 3. The molecule has 6 rings (SSSR count). The van der Waals surface area contributed by atoms with Gasteiger partial charge in [0.1, 0.15) is 29.4 Å². The Balaban J connectivity index is 1.02.